The molecule has 0 bridgehead atoms. The maximum Gasteiger partial charge on any atom is 0.308 e. The molecule has 8 unspecified atom stereocenters. The molecule has 0 radical (unpaired) electrons. The van der Waals surface area contributed by atoms with Gasteiger partial charge in [0, 0.05) is 16.7 Å². The molecule has 5 aliphatic rings. The molecule has 0 aromatic rings. The Bertz CT molecular complexity index is 972. The first kappa shape index (κ1) is 26.4. The number of carbonyl (C=O) groups excluding carboxylic acids is 3. The predicted octanol–water partition coefficient (Wildman–Crippen LogP) is 6.73. The van der Waals surface area contributed by atoms with Crippen LogP contribution in [0.3, 0.4) is 0 Å². The van der Waals surface area contributed by atoms with Crippen molar-refractivity contribution in [3.63, 3.8) is 0 Å². The summed E-state index contributed by atoms with van der Waals surface area (Å²) in [5.41, 5.74) is 0.643. The average molecular weight is 483 g/mol. The Kier molecular flexibility index (Phi) is 6.55. The highest BCUT2D eigenvalue weighted by Crippen LogP contribution is 2.69. The summed E-state index contributed by atoms with van der Waals surface area (Å²) in [5, 5.41) is 0. The number of hydrogen-bond donors (Lipinski definition) is 0. The minimum absolute atomic E-state index is 0.0605. The fraction of sp³-hybridized carbons (Fsp3) is 0.774. The highest BCUT2D eigenvalue weighted by atomic mass is 16.5. The summed E-state index contributed by atoms with van der Waals surface area (Å²) in [6, 6.07) is 0. The standard InChI is InChI=1S/C29H40O4.C2H6/c1-26(2)22-9-13-28(4)19-8-12-27(3)11-7-17(25(32)33-6)15-20(27)18(19)16-21(30)24(28)29(22,5)14-10-23(26)31;1-2/h10,14,16-17,19-20,22,24H,7-9,11-13,15H2,1-6H3;1-2H3. The summed E-state index contributed by atoms with van der Waals surface area (Å²) < 4.78 is 5.11. The normalized spacial score (nSPS) is 45.5. The van der Waals surface area contributed by atoms with E-state index < -0.39 is 5.41 Å². The lowest BCUT2D eigenvalue weighted by Gasteiger charge is -2.65. The van der Waals surface area contributed by atoms with Crippen LogP contribution >= 0.6 is 0 Å². The van der Waals surface area contributed by atoms with E-state index in [1.54, 1.807) is 6.08 Å². The zero-order chi connectivity index (χ0) is 26.0. The zero-order valence-electron chi connectivity index (χ0n) is 23.2. The Morgan fingerprint density at radius 3 is 2.26 bits per heavy atom. The second-order valence-electron chi connectivity index (χ2n) is 13.2. The van der Waals surface area contributed by atoms with Gasteiger partial charge in [0.15, 0.2) is 11.6 Å². The Hall–Kier alpha value is -1.71. The SMILES string of the molecule is CC.COC(=O)C1CCC2(C)CCC3C(=CC(=O)C4C5(C)C=CC(=O)C(C)(C)C5CCC34C)C2C1. The first-order chi connectivity index (χ1) is 16.4. The number of rotatable bonds is 1. The van der Waals surface area contributed by atoms with Crippen LogP contribution in [0.4, 0.5) is 0 Å². The Balaban J connectivity index is 0.00000141. The van der Waals surface area contributed by atoms with E-state index in [0.29, 0.717) is 5.92 Å². The quantitative estimate of drug-likeness (QED) is 0.389. The number of ether oxygens (including phenoxy) is 1. The Morgan fingerprint density at radius 1 is 0.943 bits per heavy atom. The molecule has 5 rings (SSSR count). The third kappa shape index (κ3) is 3.63. The number of hydrogen-bond acceptors (Lipinski definition) is 4. The summed E-state index contributed by atoms with van der Waals surface area (Å²) in [6.45, 7) is 15.1. The summed E-state index contributed by atoms with van der Waals surface area (Å²) in [5.74, 6) is 1.03. The summed E-state index contributed by atoms with van der Waals surface area (Å²) >= 11 is 0. The molecule has 0 aliphatic heterocycles. The van der Waals surface area contributed by atoms with E-state index in [4.69, 9.17) is 4.74 Å². The second kappa shape index (κ2) is 8.70. The van der Waals surface area contributed by atoms with Crippen LogP contribution in [0.25, 0.3) is 0 Å². The predicted molar refractivity (Wildman–Crippen MR) is 138 cm³/mol. The molecule has 0 heterocycles. The van der Waals surface area contributed by atoms with Crippen molar-refractivity contribution in [2.75, 3.05) is 7.11 Å². The molecule has 194 valence electrons. The molecule has 4 heteroatoms. The molecule has 0 aromatic heterocycles. The smallest absolute Gasteiger partial charge is 0.308 e. The molecule has 4 nitrogen and oxygen atoms in total. The van der Waals surface area contributed by atoms with E-state index >= 15 is 0 Å². The van der Waals surface area contributed by atoms with E-state index in [-0.39, 0.29) is 57.5 Å². The molecule has 0 spiro atoms. The van der Waals surface area contributed by atoms with Gasteiger partial charge in [-0.15, -0.1) is 0 Å². The van der Waals surface area contributed by atoms with Gasteiger partial charge < -0.3 is 4.74 Å². The van der Waals surface area contributed by atoms with Gasteiger partial charge in [0.1, 0.15) is 0 Å². The number of esters is 1. The van der Waals surface area contributed by atoms with Crippen LogP contribution < -0.4 is 0 Å². The molecule has 5 aliphatic carbocycles. The van der Waals surface area contributed by atoms with Crippen LogP contribution in [0, 0.1) is 51.2 Å². The number of ketones is 2. The number of fused-ring (bicyclic) bond motifs is 7. The lowest BCUT2D eigenvalue weighted by Crippen LogP contribution is -2.62. The van der Waals surface area contributed by atoms with Crippen molar-refractivity contribution in [2.45, 2.75) is 93.4 Å². The molecule has 0 N–H and O–H groups in total. The third-order valence-corrected chi connectivity index (χ3v) is 11.3. The van der Waals surface area contributed by atoms with E-state index in [9.17, 15) is 14.4 Å². The Morgan fingerprint density at radius 2 is 1.60 bits per heavy atom. The maximum atomic E-state index is 14.0. The lowest BCUT2D eigenvalue weighted by atomic mass is 9.38. The van der Waals surface area contributed by atoms with Gasteiger partial charge in [0.05, 0.1) is 13.0 Å². The number of carbonyl (C=O) groups is 3. The van der Waals surface area contributed by atoms with Crippen LogP contribution in [0.1, 0.15) is 93.4 Å². The molecule has 0 amide bonds. The van der Waals surface area contributed by atoms with Crippen LogP contribution in [-0.2, 0) is 19.1 Å². The molecule has 3 saturated carbocycles. The minimum atomic E-state index is -0.433. The average Bonchev–Trinajstić information content (AvgIpc) is 2.81. The van der Waals surface area contributed by atoms with Gasteiger partial charge in [-0.05, 0) is 85.7 Å². The van der Waals surface area contributed by atoms with Gasteiger partial charge in [-0.25, -0.2) is 0 Å². The van der Waals surface area contributed by atoms with Crippen molar-refractivity contribution in [3.8, 4) is 0 Å². The van der Waals surface area contributed by atoms with Crippen molar-refractivity contribution >= 4 is 17.5 Å². The third-order valence-electron chi connectivity index (χ3n) is 11.3. The number of methoxy groups -OCH3 is 1. The van der Waals surface area contributed by atoms with Gasteiger partial charge in [-0.1, -0.05) is 60.1 Å². The first-order valence-electron chi connectivity index (χ1n) is 14.0. The fourth-order valence-electron chi connectivity index (χ4n) is 9.45. The van der Waals surface area contributed by atoms with Crippen LogP contribution in [0.15, 0.2) is 23.8 Å². The zero-order valence-corrected chi connectivity index (χ0v) is 23.2. The summed E-state index contributed by atoms with van der Waals surface area (Å²) in [6.07, 6.45) is 12.8. The van der Waals surface area contributed by atoms with Gasteiger partial charge in [-0.2, -0.15) is 0 Å². The van der Waals surface area contributed by atoms with E-state index in [1.165, 1.54) is 12.7 Å². The maximum absolute atomic E-state index is 14.0. The number of allylic oxidation sites excluding steroid dienone is 4. The minimum Gasteiger partial charge on any atom is -0.469 e. The Labute approximate surface area is 212 Å². The second-order valence-corrected chi connectivity index (χ2v) is 13.2. The molecule has 8 atom stereocenters. The first-order valence-corrected chi connectivity index (χ1v) is 14.0. The van der Waals surface area contributed by atoms with E-state index in [1.807, 2.05) is 19.9 Å². The highest BCUT2D eigenvalue weighted by Gasteiger charge is 2.65. The van der Waals surface area contributed by atoms with Gasteiger partial charge in [0.2, 0.25) is 0 Å². The van der Waals surface area contributed by atoms with Crippen LogP contribution in [0.2, 0.25) is 0 Å². The highest BCUT2D eigenvalue weighted by molar-refractivity contribution is 5.98. The van der Waals surface area contributed by atoms with Crippen molar-refractivity contribution < 1.29 is 19.1 Å². The molecule has 3 fully saturated rings. The van der Waals surface area contributed by atoms with Crippen molar-refractivity contribution in [2.24, 2.45) is 51.2 Å². The fourth-order valence-corrected chi connectivity index (χ4v) is 9.45. The van der Waals surface area contributed by atoms with Crippen LogP contribution in [0.5, 0.6) is 0 Å². The van der Waals surface area contributed by atoms with Crippen molar-refractivity contribution in [1.82, 2.24) is 0 Å². The van der Waals surface area contributed by atoms with Crippen molar-refractivity contribution in [3.05, 3.63) is 23.8 Å². The molecular formula is C31H46O4. The molecule has 0 saturated heterocycles. The van der Waals surface area contributed by atoms with E-state index in [2.05, 4.69) is 40.7 Å². The molecule has 0 aromatic carbocycles. The van der Waals surface area contributed by atoms with Gasteiger partial charge in [-0.3, -0.25) is 14.4 Å². The van der Waals surface area contributed by atoms with Gasteiger partial charge in [0.25, 0.3) is 0 Å². The monoisotopic (exact) mass is 482 g/mol. The topological polar surface area (TPSA) is 60.4 Å². The largest absolute Gasteiger partial charge is 0.469 e. The lowest BCUT2D eigenvalue weighted by molar-refractivity contribution is -0.158. The summed E-state index contributed by atoms with van der Waals surface area (Å²) in [7, 11) is 1.48. The van der Waals surface area contributed by atoms with Crippen molar-refractivity contribution in [1.29, 1.82) is 0 Å². The molecule has 35 heavy (non-hydrogen) atoms. The van der Waals surface area contributed by atoms with Gasteiger partial charge >= 0.3 is 5.97 Å². The summed E-state index contributed by atoms with van der Waals surface area (Å²) in [4.78, 5) is 39.2. The van der Waals surface area contributed by atoms with E-state index in [0.717, 1.165) is 44.9 Å². The van der Waals surface area contributed by atoms with Crippen LogP contribution in [-0.4, -0.2) is 24.6 Å². The molecular weight excluding hydrogens is 436 g/mol.